The molecule has 0 radical (unpaired) electrons. The lowest BCUT2D eigenvalue weighted by Crippen LogP contribution is -2.40. The van der Waals surface area contributed by atoms with Crippen molar-refractivity contribution in [2.75, 3.05) is 24.8 Å². The van der Waals surface area contributed by atoms with Gasteiger partial charge in [-0.1, -0.05) is 6.92 Å². The van der Waals surface area contributed by atoms with E-state index in [0.29, 0.717) is 6.54 Å². The monoisotopic (exact) mass is 242 g/mol. The molecule has 1 N–H and O–H groups in total. The van der Waals surface area contributed by atoms with E-state index in [-0.39, 0.29) is 19.0 Å². The third kappa shape index (κ3) is 4.26. The molecule has 0 unspecified atom stereocenters. The molecule has 0 heterocycles. The average molecular weight is 243 g/mol. The van der Waals surface area contributed by atoms with Crippen LogP contribution < -0.4 is 5.32 Å². The van der Waals surface area contributed by atoms with Gasteiger partial charge in [0.25, 0.3) is 0 Å². The van der Waals surface area contributed by atoms with E-state index in [1.807, 2.05) is 0 Å². The minimum atomic E-state index is -3.49. The minimum Gasteiger partial charge on any atom is -0.355 e. The highest BCUT2D eigenvalue weighted by molar-refractivity contribution is 7.90. The van der Waals surface area contributed by atoms with Crippen molar-refractivity contribution in [3.63, 3.8) is 0 Å². The summed E-state index contributed by atoms with van der Waals surface area (Å²) in [6, 6.07) is 0. The number of carbonyl (C=O) groups is 1. The topological polar surface area (TPSA) is 66.5 Å². The molecule has 0 aliphatic carbocycles. The lowest BCUT2D eigenvalue weighted by Gasteiger charge is -2.17. The van der Waals surface area contributed by atoms with E-state index in [4.69, 9.17) is 11.6 Å². The summed E-state index contributed by atoms with van der Waals surface area (Å²) in [5, 5.41) is 2.02. The number of alkyl halides is 1. The number of sulfonamides is 1. The molecule has 5 nitrogen and oxygen atoms in total. The maximum atomic E-state index is 11.3. The number of hydrogen-bond acceptors (Lipinski definition) is 3. The van der Waals surface area contributed by atoms with Gasteiger partial charge in [-0.3, -0.25) is 4.79 Å². The molecule has 0 bridgehead atoms. The van der Waals surface area contributed by atoms with Crippen molar-refractivity contribution in [3.05, 3.63) is 0 Å². The van der Waals surface area contributed by atoms with Gasteiger partial charge < -0.3 is 5.32 Å². The largest absolute Gasteiger partial charge is 0.355 e. The van der Waals surface area contributed by atoms with Crippen LogP contribution in [-0.4, -0.2) is 43.5 Å². The second-order valence-corrected chi connectivity index (χ2v) is 5.15. The number of nitrogens with zero attached hydrogens (tertiary/aromatic N) is 1. The van der Waals surface area contributed by atoms with Crippen molar-refractivity contribution < 1.29 is 13.2 Å². The van der Waals surface area contributed by atoms with Gasteiger partial charge in [0.15, 0.2) is 0 Å². The van der Waals surface area contributed by atoms with Gasteiger partial charge in [0.1, 0.15) is 5.21 Å². The quantitative estimate of drug-likeness (QED) is 0.666. The van der Waals surface area contributed by atoms with Gasteiger partial charge >= 0.3 is 0 Å². The molecule has 0 aliphatic heterocycles. The zero-order valence-electron chi connectivity index (χ0n) is 8.29. The smallest absolute Gasteiger partial charge is 0.235 e. The maximum Gasteiger partial charge on any atom is 0.235 e. The summed E-state index contributed by atoms with van der Waals surface area (Å²) in [4.78, 5) is 11.1. The molecule has 0 aromatic heterocycles. The summed E-state index contributed by atoms with van der Waals surface area (Å²) in [6.07, 6.45) is 0. The van der Waals surface area contributed by atoms with Crippen LogP contribution in [0.4, 0.5) is 0 Å². The summed E-state index contributed by atoms with van der Waals surface area (Å²) in [5.74, 6) is -0.317. The summed E-state index contributed by atoms with van der Waals surface area (Å²) in [6.45, 7) is 3.98. The molecule has 0 saturated carbocycles. The first kappa shape index (κ1) is 13.7. The summed E-state index contributed by atoms with van der Waals surface area (Å²) in [5.41, 5.74) is 0. The lowest BCUT2D eigenvalue weighted by molar-refractivity contribution is -0.121. The Hall–Kier alpha value is -0.330. The van der Waals surface area contributed by atoms with Gasteiger partial charge in [0, 0.05) is 13.1 Å². The molecule has 0 spiro atoms. The van der Waals surface area contributed by atoms with Gasteiger partial charge in [-0.25, -0.2) is 8.42 Å². The molecule has 84 valence electrons. The van der Waals surface area contributed by atoms with Crippen LogP contribution >= 0.6 is 11.6 Å². The lowest BCUT2D eigenvalue weighted by atomic mass is 10.5. The third-order valence-electron chi connectivity index (χ3n) is 1.58. The molecule has 7 heteroatoms. The Morgan fingerprint density at radius 2 is 2.00 bits per heavy atom. The van der Waals surface area contributed by atoms with Gasteiger partial charge in [-0.05, 0) is 6.92 Å². The van der Waals surface area contributed by atoms with Crippen LogP contribution in [0.15, 0.2) is 0 Å². The van der Waals surface area contributed by atoms with Crippen LogP contribution in [0.1, 0.15) is 13.8 Å². The Kier molecular flexibility index (Phi) is 6.06. The predicted octanol–water partition coefficient (Wildman–Crippen LogP) is -0.0295. The highest BCUT2D eigenvalue weighted by Gasteiger charge is 2.21. The molecule has 14 heavy (non-hydrogen) atoms. The molecule has 0 rings (SSSR count). The summed E-state index contributed by atoms with van der Waals surface area (Å²) in [7, 11) is -3.49. The molecule has 0 aromatic rings. The van der Waals surface area contributed by atoms with Crippen LogP contribution in [0, 0.1) is 0 Å². The normalized spacial score (nSPS) is 11.7. The maximum absolute atomic E-state index is 11.3. The Morgan fingerprint density at radius 1 is 1.43 bits per heavy atom. The van der Waals surface area contributed by atoms with Crippen LogP contribution in [-0.2, 0) is 14.8 Å². The highest BCUT2D eigenvalue weighted by atomic mass is 35.5. The molecule has 0 fully saturated rings. The van der Waals surface area contributed by atoms with Crippen LogP contribution in [0.5, 0.6) is 0 Å². The SMILES string of the molecule is CCNC(=O)CN(CC)S(=O)(=O)CCl. The van der Waals surface area contributed by atoms with Gasteiger partial charge in [-0.2, -0.15) is 4.31 Å². The summed E-state index contributed by atoms with van der Waals surface area (Å²) < 4.78 is 23.6. The fourth-order valence-electron chi connectivity index (χ4n) is 0.889. The predicted molar refractivity (Wildman–Crippen MR) is 55.6 cm³/mol. The van der Waals surface area contributed by atoms with Crippen molar-refractivity contribution in [2.24, 2.45) is 0 Å². The van der Waals surface area contributed by atoms with E-state index in [9.17, 15) is 13.2 Å². The number of rotatable bonds is 6. The van der Waals surface area contributed by atoms with Crippen LogP contribution in [0.25, 0.3) is 0 Å². The van der Waals surface area contributed by atoms with Crippen LogP contribution in [0.3, 0.4) is 0 Å². The fourth-order valence-corrected chi connectivity index (χ4v) is 2.15. The van der Waals surface area contributed by atoms with E-state index < -0.39 is 15.2 Å². The Labute approximate surface area is 89.5 Å². The van der Waals surface area contributed by atoms with E-state index >= 15 is 0 Å². The molecular formula is C7H15ClN2O3S. The standard InChI is InChI=1S/C7H15ClN2O3S/c1-3-9-7(11)5-10(4-2)14(12,13)6-8/h3-6H2,1-2H3,(H,9,11). The van der Waals surface area contributed by atoms with Crippen molar-refractivity contribution in [1.29, 1.82) is 0 Å². The molecular weight excluding hydrogens is 228 g/mol. The fraction of sp³-hybridized carbons (Fsp3) is 0.857. The second-order valence-electron chi connectivity index (χ2n) is 2.60. The minimum absolute atomic E-state index is 0.167. The third-order valence-corrected chi connectivity index (χ3v) is 3.86. The zero-order chi connectivity index (χ0) is 11.2. The molecule has 0 saturated heterocycles. The van der Waals surface area contributed by atoms with E-state index in [1.54, 1.807) is 13.8 Å². The number of amides is 1. The van der Waals surface area contributed by atoms with Gasteiger partial charge in [0.05, 0.1) is 6.54 Å². The molecule has 0 atom stereocenters. The second kappa shape index (κ2) is 6.21. The average Bonchev–Trinajstić information content (AvgIpc) is 2.14. The first-order valence-electron chi connectivity index (χ1n) is 4.28. The molecule has 0 aliphatic rings. The number of nitrogens with one attached hydrogen (secondary N) is 1. The Balaban J connectivity index is 4.38. The van der Waals surface area contributed by atoms with Crippen LogP contribution in [0.2, 0.25) is 0 Å². The van der Waals surface area contributed by atoms with E-state index in [0.717, 1.165) is 4.31 Å². The van der Waals surface area contributed by atoms with E-state index in [2.05, 4.69) is 5.32 Å². The van der Waals surface area contributed by atoms with Crippen molar-refractivity contribution in [2.45, 2.75) is 13.8 Å². The van der Waals surface area contributed by atoms with Gasteiger partial charge in [0.2, 0.25) is 15.9 Å². The first-order chi connectivity index (χ1) is 6.47. The zero-order valence-corrected chi connectivity index (χ0v) is 9.86. The summed E-state index contributed by atoms with van der Waals surface area (Å²) >= 11 is 5.27. The Bertz CT molecular complexity index is 279. The number of likely N-dealkylation sites (N-methyl/N-ethyl adjacent to an activating group) is 2. The number of hydrogen-bond donors (Lipinski definition) is 1. The first-order valence-corrected chi connectivity index (χ1v) is 6.42. The van der Waals surface area contributed by atoms with Crippen molar-refractivity contribution >= 4 is 27.5 Å². The number of carbonyl (C=O) groups excluding carboxylic acids is 1. The Morgan fingerprint density at radius 3 is 2.36 bits per heavy atom. The molecule has 1 amide bonds. The van der Waals surface area contributed by atoms with E-state index in [1.165, 1.54) is 0 Å². The van der Waals surface area contributed by atoms with Gasteiger partial charge in [-0.15, -0.1) is 11.6 Å². The molecule has 0 aromatic carbocycles. The number of halogens is 1. The van der Waals surface area contributed by atoms with Crippen molar-refractivity contribution in [3.8, 4) is 0 Å². The van der Waals surface area contributed by atoms with Crippen molar-refractivity contribution in [1.82, 2.24) is 9.62 Å². The highest BCUT2D eigenvalue weighted by Crippen LogP contribution is 2.02.